The minimum absolute atomic E-state index is 0.00280. The van der Waals surface area contributed by atoms with E-state index in [1.165, 1.54) is 22.5 Å². The van der Waals surface area contributed by atoms with E-state index in [1.54, 1.807) is 24.3 Å². The van der Waals surface area contributed by atoms with Gasteiger partial charge in [0.2, 0.25) is 15.6 Å². The van der Waals surface area contributed by atoms with Crippen LogP contribution in [0.5, 0.6) is 0 Å². The fraction of sp³-hybridized carbons (Fsp3) is 0.182. The Morgan fingerprint density at radius 2 is 1.83 bits per heavy atom. The van der Waals surface area contributed by atoms with Gasteiger partial charge in [0.05, 0.1) is 23.7 Å². The number of nitrogens with zero attached hydrogens (tertiary/aromatic N) is 2. The van der Waals surface area contributed by atoms with Gasteiger partial charge in [-0.2, -0.15) is 4.31 Å². The summed E-state index contributed by atoms with van der Waals surface area (Å²) in [6.07, 6.45) is 0. The van der Waals surface area contributed by atoms with E-state index in [4.69, 9.17) is 4.74 Å². The van der Waals surface area contributed by atoms with Crippen molar-refractivity contribution in [2.45, 2.75) is 4.90 Å². The highest BCUT2D eigenvalue weighted by molar-refractivity contribution is 7.89. The van der Waals surface area contributed by atoms with Crippen molar-refractivity contribution in [1.82, 2.24) is 19.4 Å². The van der Waals surface area contributed by atoms with E-state index in [0.29, 0.717) is 30.0 Å². The first-order valence-electron chi connectivity index (χ1n) is 10.5. The van der Waals surface area contributed by atoms with Gasteiger partial charge in [0, 0.05) is 41.3 Å². The third-order valence-corrected chi connectivity index (χ3v) is 7.40. The zero-order valence-electron chi connectivity index (χ0n) is 18.1. The average molecular weight is 497 g/mol. The molecule has 1 aliphatic heterocycles. The summed E-state index contributed by atoms with van der Waals surface area (Å²) in [6, 6.07) is 11.8. The van der Waals surface area contributed by atoms with Gasteiger partial charge >= 0.3 is 5.76 Å². The number of ether oxygens (including phenoxy) is 1. The van der Waals surface area contributed by atoms with Crippen molar-refractivity contribution in [1.29, 1.82) is 0 Å². The average Bonchev–Trinajstić information content (AvgIpc) is 3.30. The molecule has 13 heteroatoms. The highest BCUT2D eigenvalue weighted by atomic mass is 32.2. The number of benzene rings is 2. The molecule has 0 bridgehead atoms. The number of sulfonamides is 1. The van der Waals surface area contributed by atoms with Crippen LogP contribution in [0, 0.1) is 0 Å². The monoisotopic (exact) mass is 497 g/mol. The molecular weight excluding hydrogens is 478 g/mol. The maximum Gasteiger partial charge on any atom is 0.439 e. The smallest absolute Gasteiger partial charge is 0.379 e. The fourth-order valence-electron chi connectivity index (χ4n) is 3.81. The second-order valence-corrected chi connectivity index (χ2v) is 9.69. The Morgan fingerprint density at radius 1 is 1.03 bits per heavy atom. The number of pyridine rings is 1. The van der Waals surface area contributed by atoms with Crippen molar-refractivity contribution in [3.63, 3.8) is 0 Å². The molecule has 0 saturated carbocycles. The number of hydrogen-bond donors (Lipinski definition) is 3. The van der Waals surface area contributed by atoms with Crippen molar-refractivity contribution in [2.75, 3.05) is 31.6 Å². The van der Waals surface area contributed by atoms with Crippen LogP contribution >= 0.6 is 0 Å². The van der Waals surface area contributed by atoms with Gasteiger partial charge < -0.3 is 15.0 Å². The molecule has 3 heterocycles. The molecule has 1 saturated heterocycles. The number of nitrogens with one attached hydrogen (secondary N) is 3. The van der Waals surface area contributed by atoms with Crippen LogP contribution in [-0.2, 0) is 14.8 Å². The Hall–Kier alpha value is -4.07. The minimum Gasteiger partial charge on any atom is -0.379 e. The number of fused-ring (bicyclic) bond motifs is 1. The SMILES string of the molecule is O=C(Nc1cccc(-c2noc(=O)[nH]2)c1)c1cc(=O)[nH]c2ccc(S(=O)(=O)N3CCOCC3)cc12. The zero-order valence-corrected chi connectivity index (χ0v) is 18.9. The van der Waals surface area contributed by atoms with Crippen LogP contribution in [0.15, 0.2) is 67.5 Å². The lowest BCUT2D eigenvalue weighted by atomic mass is 10.1. The predicted molar refractivity (Wildman–Crippen MR) is 125 cm³/mol. The quantitative estimate of drug-likeness (QED) is 0.369. The summed E-state index contributed by atoms with van der Waals surface area (Å²) in [5.41, 5.74) is 0.658. The molecule has 0 radical (unpaired) electrons. The third kappa shape index (κ3) is 4.51. The molecule has 0 spiro atoms. The minimum atomic E-state index is -3.81. The van der Waals surface area contributed by atoms with Crippen molar-refractivity contribution in [3.8, 4) is 11.4 Å². The second-order valence-electron chi connectivity index (χ2n) is 7.75. The molecular formula is C22H19N5O7S. The Balaban J connectivity index is 1.51. The number of amides is 1. The van der Waals surface area contributed by atoms with Gasteiger partial charge in [-0.15, -0.1) is 0 Å². The Kier molecular flexibility index (Phi) is 5.80. The number of aromatic amines is 2. The largest absolute Gasteiger partial charge is 0.439 e. The molecule has 4 aromatic rings. The molecule has 0 aliphatic carbocycles. The van der Waals surface area contributed by atoms with Crippen LogP contribution in [0.4, 0.5) is 5.69 Å². The third-order valence-electron chi connectivity index (χ3n) is 5.50. The van der Waals surface area contributed by atoms with E-state index >= 15 is 0 Å². The van der Waals surface area contributed by atoms with Crippen molar-refractivity contribution in [2.24, 2.45) is 0 Å². The van der Waals surface area contributed by atoms with E-state index in [0.717, 1.165) is 6.07 Å². The molecule has 2 aromatic carbocycles. The molecule has 180 valence electrons. The van der Waals surface area contributed by atoms with Gasteiger partial charge in [0.25, 0.3) is 5.91 Å². The number of carbonyl (C=O) groups is 1. The van der Waals surface area contributed by atoms with Crippen LogP contribution in [0.3, 0.4) is 0 Å². The summed E-state index contributed by atoms with van der Waals surface area (Å²) in [4.78, 5) is 41.6. The first-order chi connectivity index (χ1) is 16.8. The van der Waals surface area contributed by atoms with Gasteiger partial charge in [0.1, 0.15) is 0 Å². The number of anilines is 1. The van der Waals surface area contributed by atoms with E-state index in [2.05, 4.69) is 25.0 Å². The first-order valence-corrected chi connectivity index (χ1v) is 12.0. The second kappa shape index (κ2) is 8.94. The Labute approximate surface area is 197 Å². The van der Waals surface area contributed by atoms with Crippen molar-refractivity contribution < 1.29 is 22.5 Å². The molecule has 5 rings (SSSR count). The maximum absolute atomic E-state index is 13.2. The van der Waals surface area contributed by atoms with E-state index in [9.17, 15) is 22.8 Å². The van der Waals surface area contributed by atoms with Crippen molar-refractivity contribution >= 4 is 32.5 Å². The lowest BCUT2D eigenvalue weighted by Gasteiger charge is -2.26. The molecule has 3 N–H and O–H groups in total. The summed E-state index contributed by atoms with van der Waals surface area (Å²) in [5.74, 6) is -1.15. The Bertz CT molecular complexity index is 1650. The zero-order chi connectivity index (χ0) is 24.6. The normalized spacial score (nSPS) is 14.7. The Morgan fingerprint density at radius 3 is 2.57 bits per heavy atom. The van der Waals surface area contributed by atoms with Crippen molar-refractivity contribution in [3.05, 3.63) is 75.0 Å². The lowest BCUT2D eigenvalue weighted by molar-refractivity contribution is 0.0730. The van der Waals surface area contributed by atoms with Crippen LogP contribution in [0.2, 0.25) is 0 Å². The van der Waals surface area contributed by atoms with Gasteiger partial charge in [-0.3, -0.25) is 19.1 Å². The lowest BCUT2D eigenvalue weighted by Crippen LogP contribution is -2.40. The number of rotatable bonds is 5. The van der Waals surface area contributed by atoms with Gasteiger partial charge in [0.15, 0.2) is 5.82 Å². The number of carbonyl (C=O) groups excluding carboxylic acids is 1. The standard InChI is InChI=1S/C22H19N5O7S/c28-19-12-17(21(29)23-14-3-1-2-13(10-14)20-25-22(30)34-26-20)16-11-15(4-5-18(16)24-19)35(31,32)27-6-8-33-9-7-27/h1-5,10-12H,6-9H2,(H,23,29)(H,24,28)(H,25,26,30). The van der Waals surface area contributed by atoms with Gasteiger partial charge in [-0.25, -0.2) is 13.2 Å². The van der Waals surface area contributed by atoms with E-state index < -0.39 is 27.2 Å². The van der Waals surface area contributed by atoms with E-state index in [-0.39, 0.29) is 34.8 Å². The number of H-pyrrole nitrogens is 2. The summed E-state index contributed by atoms with van der Waals surface area (Å²) in [7, 11) is -3.81. The van der Waals surface area contributed by atoms with Gasteiger partial charge in [-0.1, -0.05) is 17.3 Å². The summed E-state index contributed by atoms with van der Waals surface area (Å²) in [6.45, 7) is 1.06. The summed E-state index contributed by atoms with van der Waals surface area (Å²) >= 11 is 0. The highest BCUT2D eigenvalue weighted by Crippen LogP contribution is 2.25. The molecule has 0 unspecified atom stereocenters. The van der Waals surface area contributed by atoms with Gasteiger partial charge in [-0.05, 0) is 30.3 Å². The molecule has 2 aromatic heterocycles. The molecule has 1 amide bonds. The molecule has 1 fully saturated rings. The number of morpholine rings is 1. The van der Waals surface area contributed by atoms with Crippen LogP contribution in [0.25, 0.3) is 22.3 Å². The number of hydrogen-bond acceptors (Lipinski definition) is 8. The summed E-state index contributed by atoms with van der Waals surface area (Å²) in [5, 5.41) is 6.59. The number of aromatic nitrogens is 3. The van der Waals surface area contributed by atoms with Crippen LogP contribution in [0.1, 0.15) is 10.4 Å². The molecule has 1 aliphatic rings. The summed E-state index contributed by atoms with van der Waals surface area (Å²) < 4.78 is 37.3. The highest BCUT2D eigenvalue weighted by Gasteiger charge is 2.27. The fourth-order valence-corrected chi connectivity index (χ4v) is 5.25. The van der Waals surface area contributed by atoms with Crippen LogP contribution < -0.4 is 16.6 Å². The predicted octanol–water partition coefficient (Wildman–Crippen LogP) is 1.14. The van der Waals surface area contributed by atoms with E-state index in [1.807, 2.05) is 0 Å². The molecule has 0 atom stereocenters. The van der Waals surface area contributed by atoms with Crippen LogP contribution in [-0.4, -0.2) is 60.1 Å². The molecule has 35 heavy (non-hydrogen) atoms. The maximum atomic E-state index is 13.2. The first kappa shape index (κ1) is 22.7. The topological polar surface area (TPSA) is 167 Å². The molecule has 12 nitrogen and oxygen atoms in total.